The van der Waals surface area contributed by atoms with Gasteiger partial charge in [-0.2, -0.15) is 0 Å². The fourth-order valence-electron chi connectivity index (χ4n) is 15.1. The van der Waals surface area contributed by atoms with Gasteiger partial charge in [0.05, 0.1) is 35.5 Å². The number of benzene rings is 7. The molecule has 7 aromatic rings. The first-order chi connectivity index (χ1) is 42.0. The zero-order chi connectivity index (χ0) is 59.5. The summed E-state index contributed by atoms with van der Waals surface area (Å²) in [4.78, 5) is 88.2. The van der Waals surface area contributed by atoms with E-state index in [2.05, 4.69) is 56.3 Å². The van der Waals surface area contributed by atoms with Crippen LogP contribution < -0.4 is 0 Å². The molecule has 0 N–H and O–H groups in total. The number of carbonyl (C=O) groups is 6. The largest absolute Gasteiger partial charge is 0.393 e. The van der Waals surface area contributed by atoms with E-state index >= 15 is 9.59 Å². The van der Waals surface area contributed by atoms with Gasteiger partial charge in [-0.05, 0) is 150 Å². The molecule has 0 radical (unpaired) electrons. The van der Waals surface area contributed by atoms with Crippen LogP contribution in [0.2, 0.25) is 0 Å². The number of ether oxygens (including phenoxy) is 3. The molecular formula is C77H76O9. The third kappa shape index (κ3) is 13.3. The van der Waals surface area contributed by atoms with E-state index in [1.165, 1.54) is 5.56 Å². The van der Waals surface area contributed by atoms with Gasteiger partial charge in [0.1, 0.15) is 0 Å². The smallest absolute Gasteiger partial charge is 0.318 e. The van der Waals surface area contributed by atoms with E-state index < -0.39 is 95.0 Å². The third-order valence-electron chi connectivity index (χ3n) is 19.4. The molecule has 7 aromatic carbocycles. The van der Waals surface area contributed by atoms with Gasteiger partial charge in [0.15, 0.2) is 0 Å². The molecule has 14 atom stereocenters. The molecule has 11 rings (SSSR count). The van der Waals surface area contributed by atoms with Crippen LogP contribution in [0, 0.1) is 41.4 Å². The van der Waals surface area contributed by atoms with Gasteiger partial charge in [-0.25, -0.2) is 0 Å². The molecule has 0 amide bonds. The number of cyclic esters (lactones) is 6. The van der Waals surface area contributed by atoms with Crippen LogP contribution >= 0.6 is 0 Å². The fraction of sp³-hybridized carbons (Fsp3) is 0.325. The van der Waals surface area contributed by atoms with Gasteiger partial charge in [0.25, 0.3) is 0 Å². The van der Waals surface area contributed by atoms with Crippen LogP contribution in [0.5, 0.6) is 0 Å². The third-order valence-corrected chi connectivity index (χ3v) is 19.4. The first kappa shape index (κ1) is 59.2. The van der Waals surface area contributed by atoms with Crippen molar-refractivity contribution in [2.75, 3.05) is 0 Å². The maximum atomic E-state index is 15.2. The highest BCUT2D eigenvalue weighted by Crippen LogP contribution is 2.54. The topological polar surface area (TPSA) is 130 Å². The van der Waals surface area contributed by atoms with Crippen LogP contribution in [-0.4, -0.2) is 35.8 Å². The molecule has 4 aliphatic rings. The summed E-state index contributed by atoms with van der Waals surface area (Å²) in [6.07, 6.45) is 11.4. The minimum atomic E-state index is -1.00. The molecule has 438 valence electrons. The Balaban J connectivity index is 0.968. The van der Waals surface area contributed by atoms with E-state index in [0.717, 1.165) is 58.2 Å². The zero-order valence-corrected chi connectivity index (χ0v) is 49.1. The molecule has 3 fully saturated rings. The lowest BCUT2D eigenvalue weighted by Crippen LogP contribution is -2.33. The van der Waals surface area contributed by atoms with E-state index in [4.69, 9.17) is 14.2 Å². The summed E-state index contributed by atoms with van der Waals surface area (Å²) in [6, 6.07) is 70.0. The summed E-state index contributed by atoms with van der Waals surface area (Å²) in [7, 11) is 0. The van der Waals surface area contributed by atoms with Crippen LogP contribution in [0.25, 0.3) is 0 Å². The van der Waals surface area contributed by atoms with Gasteiger partial charge in [-0.3, -0.25) is 28.8 Å². The van der Waals surface area contributed by atoms with Crippen LogP contribution in [0.4, 0.5) is 0 Å². The summed E-state index contributed by atoms with van der Waals surface area (Å²) in [5.74, 6) is -11.2. The quantitative estimate of drug-likeness (QED) is 0.0312. The standard InChI is InChI=1S/C77H76O9/c1-3-51(53-30-14-5-15-31-53)45-63(57-38-22-9-23-39-57)69-67(73(79)85-75(69)81)49-61(55-34-18-7-19-35-55)47-65(59-42-26-11-27-43-59)71-70(76(82)86-77(71)83)64(58-40-24-10-25-41-58)46-60(54-32-16-6-17-33-54)48-66-68(74(80)84-72(66)78)62(56-36-20-8-21-37-56)44-50(2)52-28-12-4-13-29-52/h4-8,10-22,24-43,50-51,60-71H,3,9,23,44-49H2,1-2H3. The van der Waals surface area contributed by atoms with Crippen molar-refractivity contribution < 1.29 is 43.0 Å². The predicted molar refractivity (Wildman–Crippen MR) is 332 cm³/mol. The van der Waals surface area contributed by atoms with E-state index in [1.54, 1.807) is 0 Å². The Morgan fingerprint density at radius 1 is 0.349 bits per heavy atom. The minimum Gasteiger partial charge on any atom is -0.393 e. The molecule has 0 spiro atoms. The average molecular weight is 1150 g/mol. The Labute approximate surface area is 505 Å². The van der Waals surface area contributed by atoms with Gasteiger partial charge in [-0.1, -0.05) is 244 Å². The molecule has 9 heteroatoms. The van der Waals surface area contributed by atoms with Crippen molar-refractivity contribution in [3.63, 3.8) is 0 Å². The highest BCUT2D eigenvalue weighted by atomic mass is 16.6. The molecule has 3 heterocycles. The molecular weight excluding hydrogens is 1070 g/mol. The number of allylic oxidation sites excluding steroid dienone is 4. The van der Waals surface area contributed by atoms with Crippen LogP contribution in [0.3, 0.4) is 0 Å². The molecule has 14 unspecified atom stereocenters. The lowest BCUT2D eigenvalue weighted by molar-refractivity contribution is -0.156. The highest BCUT2D eigenvalue weighted by Gasteiger charge is 2.56. The molecule has 0 bridgehead atoms. The Morgan fingerprint density at radius 2 is 0.663 bits per heavy atom. The lowest BCUT2D eigenvalue weighted by atomic mass is 9.64. The van der Waals surface area contributed by atoms with Crippen molar-refractivity contribution >= 4 is 35.8 Å². The second-order valence-electron chi connectivity index (χ2n) is 24.3. The van der Waals surface area contributed by atoms with Crippen molar-refractivity contribution in [2.24, 2.45) is 41.4 Å². The zero-order valence-electron chi connectivity index (χ0n) is 49.1. The summed E-state index contributed by atoms with van der Waals surface area (Å²) in [5.41, 5.74) is 7.82. The minimum absolute atomic E-state index is 0.0442. The van der Waals surface area contributed by atoms with Gasteiger partial charge in [0, 0.05) is 0 Å². The molecule has 1 aliphatic carbocycles. The van der Waals surface area contributed by atoms with E-state index in [1.807, 2.05) is 188 Å². The summed E-state index contributed by atoms with van der Waals surface area (Å²) in [6.45, 7) is 4.32. The number of hydrogen-bond acceptors (Lipinski definition) is 9. The lowest BCUT2D eigenvalue weighted by Gasteiger charge is -2.35. The van der Waals surface area contributed by atoms with Gasteiger partial charge >= 0.3 is 35.8 Å². The Hall–Kier alpha value is -8.56. The summed E-state index contributed by atoms with van der Waals surface area (Å²) in [5, 5.41) is 0. The first-order valence-electron chi connectivity index (χ1n) is 31.0. The maximum Gasteiger partial charge on any atom is 0.318 e. The number of hydrogen-bond donors (Lipinski definition) is 0. The molecule has 0 saturated carbocycles. The fourth-order valence-corrected chi connectivity index (χ4v) is 15.1. The molecule has 86 heavy (non-hydrogen) atoms. The van der Waals surface area contributed by atoms with Crippen molar-refractivity contribution in [3.8, 4) is 0 Å². The average Bonchev–Trinajstić information content (AvgIpc) is 2.05. The van der Waals surface area contributed by atoms with Crippen molar-refractivity contribution in [1.29, 1.82) is 0 Å². The summed E-state index contributed by atoms with van der Waals surface area (Å²) >= 11 is 0. The van der Waals surface area contributed by atoms with E-state index in [-0.39, 0.29) is 36.5 Å². The Kier molecular flexibility index (Phi) is 19.0. The maximum absolute atomic E-state index is 15.2. The summed E-state index contributed by atoms with van der Waals surface area (Å²) < 4.78 is 17.4. The Bertz CT molecular complexity index is 3500. The molecule has 0 aromatic heterocycles. The van der Waals surface area contributed by atoms with Crippen molar-refractivity contribution in [2.45, 2.75) is 113 Å². The molecule has 3 saturated heterocycles. The van der Waals surface area contributed by atoms with Gasteiger partial charge in [-0.15, -0.1) is 0 Å². The first-order valence-corrected chi connectivity index (χ1v) is 31.0. The van der Waals surface area contributed by atoms with Crippen LogP contribution in [0.1, 0.15) is 152 Å². The van der Waals surface area contributed by atoms with Crippen LogP contribution in [0.15, 0.2) is 236 Å². The normalized spacial score (nSPS) is 23.1. The predicted octanol–water partition coefficient (Wildman–Crippen LogP) is 16.1. The number of rotatable bonds is 25. The SMILES string of the molecule is CCC(CC(C1=CCCC=C1)C1C(=O)OC(=O)C1CC(CC(c1ccccc1)C1C(=O)OC(=O)C1C(CC(CC1C(=O)OC(=O)C1C(CC(C)c1ccccc1)c1ccccc1)c1ccccc1)c1ccccc1)c1ccccc1)c1ccccc1. The Morgan fingerprint density at radius 3 is 1.03 bits per heavy atom. The van der Waals surface area contributed by atoms with Gasteiger partial charge in [0.2, 0.25) is 0 Å². The second-order valence-corrected chi connectivity index (χ2v) is 24.3. The van der Waals surface area contributed by atoms with E-state index in [9.17, 15) is 19.2 Å². The molecule has 3 aliphatic heterocycles. The second kappa shape index (κ2) is 27.6. The number of carbonyl (C=O) groups excluding carboxylic acids is 6. The van der Waals surface area contributed by atoms with Crippen molar-refractivity contribution in [1.82, 2.24) is 0 Å². The number of esters is 6. The van der Waals surface area contributed by atoms with Crippen LogP contribution in [-0.2, 0) is 43.0 Å². The van der Waals surface area contributed by atoms with E-state index in [0.29, 0.717) is 25.7 Å². The monoisotopic (exact) mass is 1140 g/mol. The molecule has 9 nitrogen and oxygen atoms in total. The highest BCUT2D eigenvalue weighted by molar-refractivity contribution is 5.99. The van der Waals surface area contributed by atoms with Gasteiger partial charge < -0.3 is 14.2 Å². The van der Waals surface area contributed by atoms with Crippen molar-refractivity contribution in [3.05, 3.63) is 275 Å².